The van der Waals surface area contributed by atoms with Gasteiger partial charge in [0.25, 0.3) is 11.3 Å². The molecule has 0 saturated carbocycles. The van der Waals surface area contributed by atoms with E-state index in [9.17, 15) is 4.79 Å². The van der Waals surface area contributed by atoms with Crippen LogP contribution in [0, 0.1) is 6.92 Å². The van der Waals surface area contributed by atoms with Crippen molar-refractivity contribution >= 4 is 5.78 Å². The smallest absolute Gasteiger partial charge is 0.275 e. The molecule has 0 spiro atoms. The second-order valence-corrected chi connectivity index (χ2v) is 4.80. The van der Waals surface area contributed by atoms with Gasteiger partial charge in [0.2, 0.25) is 0 Å². The van der Waals surface area contributed by atoms with E-state index >= 15 is 0 Å². The van der Waals surface area contributed by atoms with Gasteiger partial charge < -0.3 is 0 Å². The van der Waals surface area contributed by atoms with Crippen molar-refractivity contribution in [2.75, 3.05) is 0 Å². The first-order chi connectivity index (χ1) is 9.69. The Bertz CT molecular complexity index is 802. The molecule has 0 aliphatic heterocycles. The van der Waals surface area contributed by atoms with Crippen LogP contribution in [-0.4, -0.2) is 19.6 Å². The topological polar surface area (TPSA) is 63.1 Å². The second kappa shape index (κ2) is 4.92. The Hall–Kier alpha value is -2.43. The first-order valence-electron chi connectivity index (χ1n) is 6.70. The van der Waals surface area contributed by atoms with Gasteiger partial charge in [0.1, 0.15) is 5.82 Å². The molecular formula is C15H16N4O. The Balaban J connectivity index is 2.13. The Morgan fingerprint density at radius 3 is 2.65 bits per heavy atom. The average molecular weight is 268 g/mol. The van der Waals surface area contributed by atoms with Gasteiger partial charge in [0.05, 0.1) is 5.69 Å². The predicted octanol–water partition coefficient (Wildman–Crippen LogP) is 1.88. The third-order valence-corrected chi connectivity index (χ3v) is 3.40. The van der Waals surface area contributed by atoms with Crippen molar-refractivity contribution in [2.45, 2.75) is 26.7 Å². The third kappa shape index (κ3) is 2.11. The van der Waals surface area contributed by atoms with Crippen LogP contribution < -0.4 is 5.56 Å². The Labute approximate surface area is 116 Å². The largest absolute Gasteiger partial charge is 0.277 e. The minimum atomic E-state index is -0.0662. The van der Waals surface area contributed by atoms with Gasteiger partial charge in [-0.2, -0.15) is 9.50 Å². The number of nitrogens with one attached hydrogen (secondary N) is 1. The first-order valence-corrected chi connectivity index (χ1v) is 6.70. The van der Waals surface area contributed by atoms with Gasteiger partial charge >= 0.3 is 0 Å². The van der Waals surface area contributed by atoms with Crippen LogP contribution in [0.1, 0.15) is 29.6 Å². The Morgan fingerprint density at radius 1 is 1.20 bits per heavy atom. The molecule has 0 unspecified atom stereocenters. The molecule has 20 heavy (non-hydrogen) atoms. The molecule has 1 N–H and O–H groups in total. The number of aromatic amines is 1. The zero-order chi connectivity index (χ0) is 14.1. The van der Waals surface area contributed by atoms with Gasteiger partial charge in [-0.15, -0.1) is 0 Å². The van der Waals surface area contributed by atoms with E-state index in [0.29, 0.717) is 17.8 Å². The highest BCUT2D eigenvalue weighted by Gasteiger charge is 2.13. The molecule has 0 radical (unpaired) electrons. The molecule has 0 bridgehead atoms. The maximum absolute atomic E-state index is 12.5. The van der Waals surface area contributed by atoms with Crippen molar-refractivity contribution < 1.29 is 0 Å². The lowest BCUT2D eigenvalue weighted by Crippen LogP contribution is -2.22. The van der Waals surface area contributed by atoms with Gasteiger partial charge in [-0.05, 0) is 12.5 Å². The number of fused-ring (bicyclic) bond motifs is 1. The molecule has 2 aromatic heterocycles. The summed E-state index contributed by atoms with van der Waals surface area (Å²) in [5, 5.41) is 3.00. The highest BCUT2D eigenvalue weighted by atomic mass is 16.1. The molecule has 0 atom stereocenters. The molecule has 1 aromatic carbocycles. The molecule has 5 nitrogen and oxygen atoms in total. The van der Waals surface area contributed by atoms with Gasteiger partial charge in [-0.25, -0.2) is 4.98 Å². The van der Waals surface area contributed by atoms with Crippen LogP contribution in [0.25, 0.3) is 5.78 Å². The predicted molar refractivity (Wildman–Crippen MR) is 77.0 cm³/mol. The lowest BCUT2D eigenvalue weighted by Gasteiger charge is -2.04. The van der Waals surface area contributed by atoms with Crippen molar-refractivity contribution in [3.05, 3.63) is 63.3 Å². The van der Waals surface area contributed by atoms with E-state index in [1.807, 2.05) is 44.2 Å². The van der Waals surface area contributed by atoms with E-state index in [1.165, 1.54) is 4.52 Å². The van der Waals surface area contributed by atoms with Gasteiger partial charge in [0, 0.05) is 18.4 Å². The lowest BCUT2D eigenvalue weighted by atomic mass is 10.1. The number of hydrogen-bond donors (Lipinski definition) is 1. The fraction of sp³-hybridized carbons (Fsp3) is 0.267. The van der Waals surface area contributed by atoms with Gasteiger partial charge in [-0.3, -0.25) is 9.89 Å². The van der Waals surface area contributed by atoms with Gasteiger partial charge in [-0.1, -0.05) is 37.3 Å². The number of benzene rings is 1. The molecule has 2 heterocycles. The maximum Gasteiger partial charge on any atom is 0.277 e. The minimum absolute atomic E-state index is 0.0662. The maximum atomic E-state index is 12.5. The Morgan fingerprint density at radius 2 is 1.95 bits per heavy atom. The minimum Gasteiger partial charge on any atom is -0.275 e. The number of aromatic nitrogens is 4. The monoisotopic (exact) mass is 268 g/mol. The SMILES string of the molecule is CCc1nc2nc(C)c(Cc3ccccc3)c(=O)n2[nH]1. The summed E-state index contributed by atoms with van der Waals surface area (Å²) in [6.45, 7) is 3.85. The molecule has 0 aliphatic rings. The summed E-state index contributed by atoms with van der Waals surface area (Å²) in [7, 11) is 0. The highest BCUT2D eigenvalue weighted by molar-refractivity contribution is 5.34. The molecule has 0 aliphatic carbocycles. The summed E-state index contributed by atoms with van der Waals surface area (Å²) in [6, 6.07) is 9.93. The summed E-state index contributed by atoms with van der Waals surface area (Å²) >= 11 is 0. The zero-order valence-corrected chi connectivity index (χ0v) is 11.6. The fourth-order valence-corrected chi connectivity index (χ4v) is 2.26. The number of aryl methyl sites for hydroxylation is 2. The quantitative estimate of drug-likeness (QED) is 0.789. The van der Waals surface area contributed by atoms with Crippen LogP contribution >= 0.6 is 0 Å². The molecule has 0 amide bonds. The average Bonchev–Trinajstić information content (AvgIpc) is 2.88. The number of nitrogens with zero attached hydrogens (tertiary/aromatic N) is 3. The molecule has 0 fully saturated rings. The third-order valence-electron chi connectivity index (χ3n) is 3.40. The van der Waals surface area contributed by atoms with Crippen molar-refractivity contribution in [2.24, 2.45) is 0 Å². The normalized spacial score (nSPS) is 11.1. The standard InChI is InChI=1S/C15H16N4O/c1-3-13-17-15-16-10(2)12(14(20)19(15)18-13)9-11-7-5-4-6-8-11/h4-8H,3,9H2,1-2H3,(H,16,17,18). The van der Waals surface area contributed by atoms with Crippen molar-refractivity contribution in [3.63, 3.8) is 0 Å². The van der Waals surface area contributed by atoms with Crippen LogP contribution in [0.5, 0.6) is 0 Å². The van der Waals surface area contributed by atoms with Gasteiger partial charge in [0.15, 0.2) is 0 Å². The van der Waals surface area contributed by atoms with E-state index in [1.54, 1.807) is 0 Å². The molecule has 3 aromatic rings. The summed E-state index contributed by atoms with van der Waals surface area (Å²) < 4.78 is 1.43. The van der Waals surface area contributed by atoms with Crippen LogP contribution in [-0.2, 0) is 12.8 Å². The van der Waals surface area contributed by atoms with Crippen molar-refractivity contribution in [1.82, 2.24) is 19.6 Å². The van der Waals surface area contributed by atoms with Crippen molar-refractivity contribution in [1.29, 1.82) is 0 Å². The van der Waals surface area contributed by atoms with Crippen molar-refractivity contribution in [3.8, 4) is 0 Å². The van der Waals surface area contributed by atoms with Crippen LogP contribution in [0.4, 0.5) is 0 Å². The van der Waals surface area contributed by atoms with Crippen LogP contribution in [0.15, 0.2) is 35.1 Å². The zero-order valence-electron chi connectivity index (χ0n) is 11.6. The van der Waals surface area contributed by atoms with Crippen LogP contribution in [0.3, 0.4) is 0 Å². The van der Waals surface area contributed by atoms with Crippen LogP contribution in [0.2, 0.25) is 0 Å². The first kappa shape index (κ1) is 12.6. The molecular weight excluding hydrogens is 252 g/mol. The summed E-state index contributed by atoms with van der Waals surface area (Å²) in [6.07, 6.45) is 1.33. The highest BCUT2D eigenvalue weighted by Crippen LogP contribution is 2.09. The summed E-state index contributed by atoms with van der Waals surface area (Å²) in [5.74, 6) is 1.21. The number of rotatable bonds is 3. The summed E-state index contributed by atoms with van der Waals surface area (Å²) in [5.41, 5.74) is 2.49. The van der Waals surface area contributed by atoms with E-state index in [4.69, 9.17) is 0 Å². The summed E-state index contributed by atoms with van der Waals surface area (Å²) in [4.78, 5) is 21.3. The van der Waals surface area contributed by atoms with E-state index < -0.39 is 0 Å². The number of hydrogen-bond acceptors (Lipinski definition) is 3. The fourth-order valence-electron chi connectivity index (χ4n) is 2.26. The Kier molecular flexibility index (Phi) is 3.10. The van der Waals surface area contributed by atoms with E-state index in [0.717, 1.165) is 23.5 Å². The number of H-pyrrole nitrogens is 1. The molecule has 5 heteroatoms. The lowest BCUT2D eigenvalue weighted by molar-refractivity contribution is 0.830. The van der Waals surface area contributed by atoms with E-state index in [-0.39, 0.29) is 5.56 Å². The second-order valence-electron chi connectivity index (χ2n) is 4.80. The molecule has 102 valence electrons. The van der Waals surface area contributed by atoms with E-state index in [2.05, 4.69) is 15.1 Å². The molecule has 0 saturated heterocycles. The molecule has 3 rings (SSSR count).